The molecule has 3 nitrogen and oxygen atoms in total. The van der Waals surface area contributed by atoms with Crippen LogP contribution in [-0.4, -0.2) is 23.1 Å². The lowest BCUT2D eigenvalue weighted by atomic mass is 9.96. The van der Waals surface area contributed by atoms with Crippen molar-refractivity contribution in [2.45, 2.75) is 51.9 Å². The molecule has 2 aromatic rings. The van der Waals surface area contributed by atoms with Crippen LogP contribution in [0.15, 0.2) is 0 Å². The second-order valence-electron chi connectivity index (χ2n) is 6.03. The van der Waals surface area contributed by atoms with Gasteiger partial charge in [-0.3, -0.25) is 0 Å². The summed E-state index contributed by atoms with van der Waals surface area (Å²) in [6.07, 6.45) is 9.11. The highest BCUT2D eigenvalue weighted by Crippen LogP contribution is 2.40. The first-order valence-electron chi connectivity index (χ1n) is 7.87. The number of aromatic nitrogens is 2. The molecule has 0 aromatic carbocycles. The first-order valence-corrected chi connectivity index (χ1v) is 8.68. The Morgan fingerprint density at radius 2 is 1.75 bits per heavy atom. The SMILES string of the molecule is Cc1nc(N2CCCCC2)c2c3c(sc2n1)CCCC3. The molecule has 20 heavy (non-hydrogen) atoms. The van der Waals surface area contributed by atoms with Gasteiger partial charge in [-0.15, -0.1) is 11.3 Å². The average molecular weight is 287 g/mol. The number of rotatable bonds is 1. The second kappa shape index (κ2) is 4.99. The van der Waals surface area contributed by atoms with Gasteiger partial charge in [0.25, 0.3) is 0 Å². The zero-order chi connectivity index (χ0) is 13.5. The maximum absolute atomic E-state index is 4.83. The van der Waals surface area contributed by atoms with Crippen LogP contribution in [0.4, 0.5) is 5.82 Å². The Bertz CT molecular complexity index is 641. The molecule has 0 spiro atoms. The van der Waals surface area contributed by atoms with Gasteiger partial charge in [0.15, 0.2) is 0 Å². The zero-order valence-corrected chi connectivity index (χ0v) is 12.9. The highest BCUT2D eigenvalue weighted by atomic mass is 32.1. The average Bonchev–Trinajstić information content (AvgIpc) is 2.85. The van der Waals surface area contributed by atoms with E-state index in [2.05, 4.69) is 4.90 Å². The molecule has 4 rings (SSSR count). The van der Waals surface area contributed by atoms with E-state index in [4.69, 9.17) is 9.97 Å². The van der Waals surface area contributed by atoms with Crippen LogP contribution in [0.25, 0.3) is 10.2 Å². The lowest BCUT2D eigenvalue weighted by molar-refractivity contribution is 0.574. The Labute approximate surface area is 124 Å². The summed E-state index contributed by atoms with van der Waals surface area (Å²) in [6, 6.07) is 0. The first-order chi connectivity index (χ1) is 9.83. The van der Waals surface area contributed by atoms with E-state index >= 15 is 0 Å². The van der Waals surface area contributed by atoms with Gasteiger partial charge in [-0.1, -0.05) is 0 Å². The van der Waals surface area contributed by atoms with Gasteiger partial charge in [0.1, 0.15) is 16.5 Å². The Kier molecular flexibility index (Phi) is 3.14. The summed E-state index contributed by atoms with van der Waals surface area (Å²) in [6.45, 7) is 4.36. The standard InChI is InChI=1S/C16H21N3S/c1-11-17-15(19-9-5-2-6-10-19)14-12-7-3-4-8-13(12)20-16(14)18-11/h2-10H2,1H3. The van der Waals surface area contributed by atoms with E-state index in [9.17, 15) is 0 Å². The minimum absolute atomic E-state index is 0.927. The van der Waals surface area contributed by atoms with Gasteiger partial charge in [-0.25, -0.2) is 9.97 Å². The lowest BCUT2D eigenvalue weighted by Gasteiger charge is -2.29. The molecule has 3 heterocycles. The van der Waals surface area contributed by atoms with E-state index in [1.54, 1.807) is 10.4 Å². The van der Waals surface area contributed by atoms with Crippen molar-refractivity contribution in [3.8, 4) is 0 Å². The molecular formula is C16H21N3S. The molecule has 0 saturated carbocycles. The van der Waals surface area contributed by atoms with Crippen molar-refractivity contribution >= 4 is 27.4 Å². The number of nitrogens with zero attached hydrogens (tertiary/aromatic N) is 3. The van der Waals surface area contributed by atoms with Crippen LogP contribution in [0.3, 0.4) is 0 Å². The lowest BCUT2D eigenvalue weighted by Crippen LogP contribution is -2.30. The fourth-order valence-electron chi connectivity index (χ4n) is 3.58. The maximum atomic E-state index is 4.83. The van der Waals surface area contributed by atoms with Gasteiger partial charge in [0.2, 0.25) is 0 Å². The predicted octanol–water partition coefficient (Wildman–Crippen LogP) is 3.87. The molecule has 0 amide bonds. The quantitative estimate of drug-likeness (QED) is 0.797. The van der Waals surface area contributed by atoms with Crippen molar-refractivity contribution in [1.82, 2.24) is 9.97 Å². The summed E-state index contributed by atoms with van der Waals surface area (Å²) < 4.78 is 0. The Balaban J connectivity index is 1.91. The number of thiophene rings is 1. The fourth-order valence-corrected chi connectivity index (χ4v) is 4.88. The van der Waals surface area contributed by atoms with Gasteiger partial charge in [0.05, 0.1) is 5.39 Å². The molecule has 0 unspecified atom stereocenters. The summed E-state index contributed by atoms with van der Waals surface area (Å²) in [5, 5.41) is 1.39. The van der Waals surface area contributed by atoms with Crippen molar-refractivity contribution in [1.29, 1.82) is 0 Å². The minimum Gasteiger partial charge on any atom is -0.356 e. The molecule has 0 bridgehead atoms. The van der Waals surface area contributed by atoms with E-state index in [-0.39, 0.29) is 0 Å². The fraction of sp³-hybridized carbons (Fsp3) is 0.625. The topological polar surface area (TPSA) is 29.0 Å². The summed E-state index contributed by atoms with van der Waals surface area (Å²) in [4.78, 5) is 14.8. The maximum Gasteiger partial charge on any atom is 0.141 e. The van der Waals surface area contributed by atoms with Crippen LogP contribution in [0.1, 0.15) is 48.4 Å². The number of aryl methyl sites for hydroxylation is 3. The zero-order valence-electron chi connectivity index (χ0n) is 12.1. The van der Waals surface area contributed by atoms with Crippen molar-refractivity contribution < 1.29 is 0 Å². The van der Waals surface area contributed by atoms with Crippen LogP contribution in [-0.2, 0) is 12.8 Å². The van der Waals surface area contributed by atoms with Crippen LogP contribution in [0.5, 0.6) is 0 Å². The van der Waals surface area contributed by atoms with E-state index in [1.165, 1.54) is 61.0 Å². The van der Waals surface area contributed by atoms with Gasteiger partial charge >= 0.3 is 0 Å². The smallest absolute Gasteiger partial charge is 0.141 e. The molecule has 1 aliphatic heterocycles. The summed E-state index contributed by atoms with van der Waals surface area (Å²) in [5.41, 5.74) is 1.57. The van der Waals surface area contributed by atoms with Crippen molar-refractivity contribution in [3.63, 3.8) is 0 Å². The molecule has 106 valence electrons. The molecular weight excluding hydrogens is 266 g/mol. The van der Waals surface area contributed by atoms with Crippen LogP contribution < -0.4 is 4.90 Å². The molecule has 0 radical (unpaired) electrons. The number of anilines is 1. The second-order valence-corrected chi connectivity index (χ2v) is 7.12. The molecule has 1 fully saturated rings. The van der Waals surface area contributed by atoms with Crippen molar-refractivity contribution in [3.05, 3.63) is 16.3 Å². The van der Waals surface area contributed by atoms with Gasteiger partial charge in [0, 0.05) is 18.0 Å². The molecule has 4 heteroatoms. The highest BCUT2D eigenvalue weighted by molar-refractivity contribution is 7.19. The van der Waals surface area contributed by atoms with Crippen molar-refractivity contribution in [2.24, 2.45) is 0 Å². The third-order valence-electron chi connectivity index (χ3n) is 4.56. The molecule has 1 aliphatic carbocycles. The third-order valence-corrected chi connectivity index (χ3v) is 5.75. The summed E-state index contributed by atoms with van der Waals surface area (Å²) in [7, 11) is 0. The largest absolute Gasteiger partial charge is 0.356 e. The molecule has 0 atom stereocenters. The number of hydrogen-bond acceptors (Lipinski definition) is 4. The van der Waals surface area contributed by atoms with E-state index in [1.807, 2.05) is 18.3 Å². The summed E-state index contributed by atoms with van der Waals surface area (Å²) >= 11 is 1.91. The normalized spacial score (nSPS) is 19.4. The van der Waals surface area contributed by atoms with E-state index in [0.717, 1.165) is 18.9 Å². The Morgan fingerprint density at radius 3 is 2.60 bits per heavy atom. The van der Waals surface area contributed by atoms with E-state index in [0.29, 0.717) is 0 Å². The number of fused-ring (bicyclic) bond motifs is 3. The molecule has 0 N–H and O–H groups in total. The highest BCUT2D eigenvalue weighted by Gasteiger charge is 2.23. The molecule has 1 saturated heterocycles. The third kappa shape index (κ3) is 2.01. The van der Waals surface area contributed by atoms with E-state index < -0.39 is 0 Å². The van der Waals surface area contributed by atoms with Gasteiger partial charge in [-0.05, 0) is 57.4 Å². The molecule has 2 aromatic heterocycles. The Morgan fingerprint density at radius 1 is 0.950 bits per heavy atom. The molecule has 2 aliphatic rings. The van der Waals surface area contributed by atoms with Crippen LogP contribution >= 0.6 is 11.3 Å². The first kappa shape index (κ1) is 12.6. The summed E-state index contributed by atoms with van der Waals surface area (Å²) in [5.74, 6) is 2.16. The monoisotopic (exact) mass is 287 g/mol. The van der Waals surface area contributed by atoms with Gasteiger partial charge < -0.3 is 4.90 Å². The van der Waals surface area contributed by atoms with Crippen LogP contribution in [0, 0.1) is 6.92 Å². The van der Waals surface area contributed by atoms with Gasteiger partial charge in [-0.2, -0.15) is 0 Å². The Hall–Kier alpha value is -1.16. The van der Waals surface area contributed by atoms with Crippen LogP contribution in [0.2, 0.25) is 0 Å². The predicted molar refractivity (Wildman–Crippen MR) is 84.9 cm³/mol. The minimum atomic E-state index is 0.927. The number of piperidine rings is 1. The number of hydrogen-bond donors (Lipinski definition) is 0. The van der Waals surface area contributed by atoms with Crippen molar-refractivity contribution in [2.75, 3.05) is 18.0 Å².